The highest BCUT2D eigenvalue weighted by Crippen LogP contribution is 2.06. The molecule has 1 aromatic rings. The molecule has 6 nitrogen and oxygen atoms in total. The number of ether oxygens (including phenoxy) is 2. The Balaban J connectivity index is 1.81. The van der Waals surface area contributed by atoms with Gasteiger partial charge in [0.05, 0.1) is 31.6 Å². The van der Waals surface area contributed by atoms with Crippen molar-refractivity contribution >= 4 is 5.91 Å². The summed E-state index contributed by atoms with van der Waals surface area (Å²) in [6, 6.07) is 0. The predicted octanol–water partition coefficient (Wildman–Crippen LogP) is 0.0973. The molecule has 1 aliphatic rings. The monoisotopic (exact) mass is 225 g/mol. The molecule has 2 rings (SSSR count). The molecule has 16 heavy (non-hydrogen) atoms. The first-order valence-electron chi connectivity index (χ1n) is 5.27. The average molecular weight is 225 g/mol. The molecular formula is C10H15N3O3. The number of hydrogen-bond acceptors (Lipinski definition) is 4. The van der Waals surface area contributed by atoms with E-state index in [2.05, 4.69) is 15.5 Å². The Morgan fingerprint density at radius 2 is 2.38 bits per heavy atom. The van der Waals surface area contributed by atoms with E-state index in [-0.39, 0.29) is 5.91 Å². The highest BCUT2D eigenvalue weighted by atomic mass is 16.7. The molecule has 1 aliphatic heterocycles. The fourth-order valence-corrected chi connectivity index (χ4v) is 1.45. The number of carbonyl (C=O) groups is 1. The van der Waals surface area contributed by atoms with Crippen LogP contribution in [0.2, 0.25) is 0 Å². The summed E-state index contributed by atoms with van der Waals surface area (Å²) in [5.74, 6) is -0.242. The first-order valence-corrected chi connectivity index (χ1v) is 5.27. The van der Waals surface area contributed by atoms with Gasteiger partial charge in [0.2, 0.25) is 6.29 Å². The van der Waals surface area contributed by atoms with E-state index in [1.807, 2.05) is 6.92 Å². The van der Waals surface area contributed by atoms with Crippen LogP contribution in [0.5, 0.6) is 0 Å². The number of aromatic amines is 1. The lowest BCUT2D eigenvalue weighted by Gasteiger charge is -2.22. The predicted molar refractivity (Wildman–Crippen MR) is 55.5 cm³/mol. The minimum atomic E-state index is -0.767. The van der Waals surface area contributed by atoms with Crippen LogP contribution in [0.3, 0.4) is 0 Å². The summed E-state index contributed by atoms with van der Waals surface area (Å²) in [5.41, 5.74) is 1.91. The fraction of sp³-hybridized carbons (Fsp3) is 0.600. The third-order valence-electron chi connectivity index (χ3n) is 2.41. The van der Waals surface area contributed by atoms with Crippen molar-refractivity contribution in [3.63, 3.8) is 0 Å². The Morgan fingerprint density at radius 3 is 3.00 bits per heavy atom. The van der Waals surface area contributed by atoms with E-state index < -0.39 is 6.29 Å². The van der Waals surface area contributed by atoms with Crippen molar-refractivity contribution in [3.8, 4) is 0 Å². The molecule has 1 amide bonds. The number of aryl methyl sites for hydroxylation is 1. The molecule has 0 spiro atoms. The zero-order valence-corrected chi connectivity index (χ0v) is 9.16. The van der Waals surface area contributed by atoms with E-state index in [9.17, 15) is 4.79 Å². The fourth-order valence-electron chi connectivity index (χ4n) is 1.45. The summed E-state index contributed by atoms with van der Waals surface area (Å²) in [4.78, 5) is 11.6. The minimum absolute atomic E-state index is 0.242. The molecule has 0 saturated carbocycles. The topological polar surface area (TPSA) is 76.2 Å². The summed E-state index contributed by atoms with van der Waals surface area (Å²) in [7, 11) is 0. The number of amides is 1. The van der Waals surface area contributed by atoms with Gasteiger partial charge >= 0.3 is 0 Å². The number of H-pyrrole nitrogens is 1. The standard InChI is InChI=1S/C10H15N3O3/c1-7-5-12-13-8(7)6-11-9(14)10-15-3-2-4-16-10/h5,10H,2-4,6H2,1H3,(H,11,14)(H,12,13). The van der Waals surface area contributed by atoms with E-state index in [1.54, 1.807) is 6.20 Å². The summed E-state index contributed by atoms with van der Waals surface area (Å²) >= 11 is 0. The zero-order chi connectivity index (χ0) is 11.4. The van der Waals surface area contributed by atoms with Crippen LogP contribution < -0.4 is 5.32 Å². The average Bonchev–Trinajstić information content (AvgIpc) is 2.73. The maximum Gasteiger partial charge on any atom is 0.277 e. The number of nitrogens with zero attached hydrogens (tertiary/aromatic N) is 1. The van der Waals surface area contributed by atoms with Crippen LogP contribution >= 0.6 is 0 Å². The molecule has 0 unspecified atom stereocenters. The maximum atomic E-state index is 11.6. The molecule has 0 bridgehead atoms. The first kappa shape index (κ1) is 11.1. The molecule has 1 fully saturated rings. The quantitative estimate of drug-likeness (QED) is 0.764. The number of aromatic nitrogens is 2. The second-order valence-electron chi connectivity index (χ2n) is 3.68. The van der Waals surface area contributed by atoms with E-state index >= 15 is 0 Å². The van der Waals surface area contributed by atoms with Crippen molar-refractivity contribution in [1.29, 1.82) is 0 Å². The molecule has 0 aliphatic carbocycles. The second-order valence-corrected chi connectivity index (χ2v) is 3.68. The van der Waals surface area contributed by atoms with Crippen molar-refractivity contribution in [3.05, 3.63) is 17.5 Å². The van der Waals surface area contributed by atoms with Crippen LogP contribution in [0.15, 0.2) is 6.20 Å². The van der Waals surface area contributed by atoms with E-state index in [0.717, 1.165) is 17.7 Å². The van der Waals surface area contributed by atoms with E-state index in [4.69, 9.17) is 9.47 Å². The summed E-state index contributed by atoms with van der Waals surface area (Å²) in [6.45, 7) is 3.48. The number of rotatable bonds is 3. The van der Waals surface area contributed by atoms with Crippen molar-refractivity contribution < 1.29 is 14.3 Å². The van der Waals surface area contributed by atoms with Crippen molar-refractivity contribution in [2.75, 3.05) is 13.2 Å². The van der Waals surface area contributed by atoms with Crippen LogP contribution in [0.1, 0.15) is 17.7 Å². The van der Waals surface area contributed by atoms with Gasteiger partial charge in [0.25, 0.3) is 5.91 Å². The van der Waals surface area contributed by atoms with Gasteiger partial charge in [-0.15, -0.1) is 0 Å². The van der Waals surface area contributed by atoms with Gasteiger partial charge in [0.15, 0.2) is 0 Å². The lowest BCUT2D eigenvalue weighted by molar-refractivity contribution is -0.190. The zero-order valence-electron chi connectivity index (χ0n) is 9.16. The van der Waals surface area contributed by atoms with Gasteiger partial charge in [0, 0.05) is 0 Å². The lowest BCUT2D eigenvalue weighted by Crippen LogP contribution is -2.40. The molecule has 1 saturated heterocycles. The smallest absolute Gasteiger partial charge is 0.277 e. The Morgan fingerprint density at radius 1 is 1.62 bits per heavy atom. The van der Waals surface area contributed by atoms with Gasteiger partial charge in [-0.2, -0.15) is 5.10 Å². The Kier molecular flexibility index (Phi) is 3.53. The van der Waals surface area contributed by atoms with Gasteiger partial charge in [-0.1, -0.05) is 0 Å². The van der Waals surface area contributed by atoms with Crippen LogP contribution in [0.4, 0.5) is 0 Å². The van der Waals surface area contributed by atoms with Crippen LogP contribution in [0, 0.1) is 6.92 Å². The molecule has 2 N–H and O–H groups in total. The van der Waals surface area contributed by atoms with Crippen molar-refractivity contribution in [2.24, 2.45) is 0 Å². The Bertz CT molecular complexity index is 358. The maximum absolute atomic E-state index is 11.6. The number of carbonyl (C=O) groups excluding carboxylic acids is 1. The SMILES string of the molecule is Cc1cn[nH]c1CNC(=O)C1OCCCO1. The highest BCUT2D eigenvalue weighted by molar-refractivity contribution is 5.79. The van der Waals surface area contributed by atoms with Gasteiger partial charge in [-0.25, -0.2) is 0 Å². The summed E-state index contributed by atoms with van der Waals surface area (Å²) < 4.78 is 10.4. The van der Waals surface area contributed by atoms with Gasteiger partial charge in [-0.3, -0.25) is 9.89 Å². The third kappa shape index (κ3) is 2.59. The normalized spacial score (nSPS) is 17.3. The molecular weight excluding hydrogens is 210 g/mol. The Labute approximate surface area is 93.3 Å². The third-order valence-corrected chi connectivity index (χ3v) is 2.41. The van der Waals surface area contributed by atoms with Gasteiger partial charge in [0.1, 0.15) is 0 Å². The minimum Gasteiger partial charge on any atom is -0.346 e. The molecule has 6 heteroatoms. The van der Waals surface area contributed by atoms with Gasteiger partial charge < -0.3 is 14.8 Å². The van der Waals surface area contributed by atoms with Crippen molar-refractivity contribution in [1.82, 2.24) is 15.5 Å². The molecule has 0 atom stereocenters. The van der Waals surface area contributed by atoms with Crippen LogP contribution in [-0.4, -0.2) is 35.6 Å². The summed E-state index contributed by atoms with van der Waals surface area (Å²) in [5, 5.41) is 9.43. The molecule has 0 aromatic carbocycles. The van der Waals surface area contributed by atoms with Gasteiger partial charge in [-0.05, 0) is 18.9 Å². The first-order chi connectivity index (χ1) is 7.77. The number of nitrogens with one attached hydrogen (secondary N) is 2. The molecule has 1 aromatic heterocycles. The summed E-state index contributed by atoms with van der Waals surface area (Å²) in [6.07, 6.45) is 1.79. The molecule has 2 heterocycles. The van der Waals surface area contributed by atoms with Crippen LogP contribution in [0.25, 0.3) is 0 Å². The van der Waals surface area contributed by atoms with E-state index in [0.29, 0.717) is 19.8 Å². The Hall–Kier alpha value is -1.40. The second kappa shape index (κ2) is 5.09. The largest absolute Gasteiger partial charge is 0.346 e. The highest BCUT2D eigenvalue weighted by Gasteiger charge is 2.22. The van der Waals surface area contributed by atoms with Crippen molar-refractivity contribution in [2.45, 2.75) is 26.2 Å². The number of hydrogen-bond donors (Lipinski definition) is 2. The molecule has 88 valence electrons. The lowest BCUT2D eigenvalue weighted by atomic mass is 10.3. The molecule has 0 radical (unpaired) electrons. The van der Waals surface area contributed by atoms with Crippen LogP contribution in [-0.2, 0) is 20.8 Å². The van der Waals surface area contributed by atoms with E-state index in [1.165, 1.54) is 0 Å².